The van der Waals surface area contributed by atoms with Crippen LogP contribution in [-0.2, 0) is 0 Å². The molecule has 0 aliphatic carbocycles. The van der Waals surface area contributed by atoms with E-state index in [1.807, 2.05) is 19.2 Å². The van der Waals surface area contributed by atoms with Crippen molar-refractivity contribution < 1.29 is 0 Å². The lowest BCUT2D eigenvalue weighted by molar-refractivity contribution is 0.568. The smallest absolute Gasteiger partial charge is 0.133 e. The van der Waals surface area contributed by atoms with Crippen molar-refractivity contribution in [1.29, 1.82) is 0 Å². The maximum absolute atomic E-state index is 5.98. The molecule has 2 rings (SSSR count). The number of nitrogens with two attached hydrogens (primary N) is 1. The van der Waals surface area contributed by atoms with Crippen LogP contribution in [0.25, 0.3) is 0 Å². The molecule has 2 atom stereocenters. The van der Waals surface area contributed by atoms with Gasteiger partial charge in [0.1, 0.15) is 5.82 Å². The van der Waals surface area contributed by atoms with Gasteiger partial charge in [0, 0.05) is 30.9 Å². The third-order valence-electron chi connectivity index (χ3n) is 3.47. The SMILES string of the molecule is CCC1CCN(c2ncccc2C(C)N)C1. The second-order valence-electron chi connectivity index (χ2n) is 4.71. The van der Waals surface area contributed by atoms with E-state index in [1.165, 1.54) is 18.4 Å². The number of hydrogen-bond acceptors (Lipinski definition) is 3. The molecule has 1 aliphatic heterocycles. The van der Waals surface area contributed by atoms with Gasteiger partial charge in [-0.05, 0) is 25.3 Å². The van der Waals surface area contributed by atoms with Crippen LogP contribution < -0.4 is 10.6 Å². The van der Waals surface area contributed by atoms with Crippen LogP contribution in [0, 0.1) is 5.92 Å². The Morgan fingerprint density at radius 2 is 2.44 bits per heavy atom. The summed E-state index contributed by atoms with van der Waals surface area (Å²) in [7, 11) is 0. The van der Waals surface area contributed by atoms with Crippen molar-refractivity contribution in [1.82, 2.24) is 4.98 Å². The van der Waals surface area contributed by atoms with Crippen LogP contribution >= 0.6 is 0 Å². The lowest BCUT2D eigenvalue weighted by Crippen LogP contribution is -2.23. The molecule has 2 N–H and O–H groups in total. The minimum Gasteiger partial charge on any atom is -0.356 e. The molecule has 0 saturated carbocycles. The summed E-state index contributed by atoms with van der Waals surface area (Å²) in [5, 5.41) is 0. The third-order valence-corrected chi connectivity index (χ3v) is 3.47. The van der Waals surface area contributed by atoms with Crippen LogP contribution in [0.5, 0.6) is 0 Å². The molecule has 0 bridgehead atoms. The van der Waals surface area contributed by atoms with Crippen LogP contribution in [0.15, 0.2) is 18.3 Å². The van der Waals surface area contributed by atoms with E-state index in [4.69, 9.17) is 5.73 Å². The van der Waals surface area contributed by atoms with E-state index in [1.54, 1.807) is 0 Å². The van der Waals surface area contributed by atoms with E-state index in [-0.39, 0.29) is 6.04 Å². The molecular formula is C13H21N3. The maximum atomic E-state index is 5.98. The van der Waals surface area contributed by atoms with Crippen molar-refractivity contribution in [2.24, 2.45) is 11.7 Å². The van der Waals surface area contributed by atoms with E-state index in [0.717, 1.165) is 24.8 Å². The highest BCUT2D eigenvalue weighted by Crippen LogP contribution is 2.28. The highest BCUT2D eigenvalue weighted by Gasteiger charge is 2.24. The number of aromatic nitrogens is 1. The van der Waals surface area contributed by atoms with Gasteiger partial charge in [-0.3, -0.25) is 0 Å². The summed E-state index contributed by atoms with van der Waals surface area (Å²) in [6.07, 6.45) is 4.41. The van der Waals surface area contributed by atoms with Crippen LogP contribution in [0.3, 0.4) is 0 Å². The summed E-state index contributed by atoms with van der Waals surface area (Å²) in [6, 6.07) is 4.12. The largest absolute Gasteiger partial charge is 0.356 e. The average molecular weight is 219 g/mol. The zero-order chi connectivity index (χ0) is 11.5. The monoisotopic (exact) mass is 219 g/mol. The second-order valence-corrected chi connectivity index (χ2v) is 4.71. The summed E-state index contributed by atoms with van der Waals surface area (Å²) in [4.78, 5) is 6.88. The zero-order valence-electron chi connectivity index (χ0n) is 10.2. The molecule has 3 heteroatoms. The topological polar surface area (TPSA) is 42.2 Å². The van der Waals surface area contributed by atoms with Crippen molar-refractivity contribution in [3.63, 3.8) is 0 Å². The van der Waals surface area contributed by atoms with Gasteiger partial charge >= 0.3 is 0 Å². The normalized spacial score (nSPS) is 22.4. The van der Waals surface area contributed by atoms with Gasteiger partial charge in [0.05, 0.1) is 0 Å². The molecule has 0 spiro atoms. The van der Waals surface area contributed by atoms with Crippen molar-refractivity contribution in [3.8, 4) is 0 Å². The molecule has 0 aromatic carbocycles. The molecule has 1 fully saturated rings. The maximum Gasteiger partial charge on any atom is 0.133 e. The summed E-state index contributed by atoms with van der Waals surface area (Å²) in [5.41, 5.74) is 7.15. The van der Waals surface area contributed by atoms with Gasteiger partial charge in [0.25, 0.3) is 0 Å². The lowest BCUT2D eigenvalue weighted by atomic mass is 10.1. The first-order valence-corrected chi connectivity index (χ1v) is 6.17. The Bertz CT molecular complexity index is 349. The minimum absolute atomic E-state index is 0.0596. The van der Waals surface area contributed by atoms with Gasteiger partial charge in [-0.2, -0.15) is 0 Å². The first-order chi connectivity index (χ1) is 7.72. The molecule has 1 aliphatic rings. The Morgan fingerprint density at radius 3 is 3.06 bits per heavy atom. The molecule has 0 radical (unpaired) electrons. The first kappa shape index (κ1) is 11.4. The van der Waals surface area contributed by atoms with Gasteiger partial charge in [-0.1, -0.05) is 19.4 Å². The summed E-state index contributed by atoms with van der Waals surface area (Å²) in [6.45, 7) is 6.54. The lowest BCUT2D eigenvalue weighted by Gasteiger charge is -2.22. The number of rotatable bonds is 3. The number of hydrogen-bond donors (Lipinski definition) is 1. The van der Waals surface area contributed by atoms with Crippen LogP contribution in [0.1, 0.15) is 38.3 Å². The Kier molecular flexibility index (Phi) is 3.44. The van der Waals surface area contributed by atoms with Crippen LogP contribution in [-0.4, -0.2) is 18.1 Å². The van der Waals surface area contributed by atoms with Crippen LogP contribution in [0.2, 0.25) is 0 Å². The summed E-state index contributed by atoms with van der Waals surface area (Å²) in [5.74, 6) is 1.91. The first-order valence-electron chi connectivity index (χ1n) is 6.17. The fraction of sp³-hybridized carbons (Fsp3) is 0.615. The van der Waals surface area contributed by atoms with Crippen molar-refractivity contribution in [2.45, 2.75) is 32.7 Å². The van der Waals surface area contributed by atoms with Gasteiger partial charge in [0.2, 0.25) is 0 Å². The van der Waals surface area contributed by atoms with Crippen molar-refractivity contribution in [3.05, 3.63) is 23.9 Å². The second kappa shape index (κ2) is 4.83. The van der Waals surface area contributed by atoms with E-state index in [2.05, 4.69) is 22.9 Å². The van der Waals surface area contributed by atoms with E-state index in [9.17, 15) is 0 Å². The molecule has 2 heterocycles. The Hall–Kier alpha value is -1.09. The molecule has 88 valence electrons. The highest BCUT2D eigenvalue weighted by molar-refractivity contribution is 5.49. The predicted octanol–water partition coefficient (Wildman–Crippen LogP) is 2.34. The zero-order valence-corrected chi connectivity index (χ0v) is 10.2. The fourth-order valence-corrected chi connectivity index (χ4v) is 2.39. The highest BCUT2D eigenvalue weighted by atomic mass is 15.2. The quantitative estimate of drug-likeness (QED) is 0.848. The molecule has 1 aromatic heterocycles. The third kappa shape index (κ3) is 2.19. The van der Waals surface area contributed by atoms with Gasteiger partial charge in [-0.15, -0.1) is 0 Å². The van der Waals surface area contributed by atoms with E-state index in [0.29, 0.717) is 0 Å². The number of anilines is 1. The summed E-state index contributed by atoms with van der Waals surface area (Å²) < 4.78 is 0. The van der Waals surface area contributed by atoms with Gasteiger partial charge < -0.3 is 10.6 Å². The molecule has 2 unspecified atom stereocenters. The molecule has 3 nitrogen and oxygen atoms in total. The van der Waals surface area contributed by atoms with E-state index >= 15 is 0 Å². The summed E-state index contributed by atoms with van der Waals surface area (Å²) >= 11 is 0. The minimum atomic E-state index is 0.0596. The Labute approximate surface area is 97.7 Å². The van der Waals surface area contributed by atoms with Crippen molar-refractivity contribution >= 4 is 5.82 Å². The Morgan fingerprint density at radius 1 is 1.62 bits per heavy atom. The average Bonchev–Trinajstić information content (AvgIpc) is 2.77. The fourth-order valence-electron chi connectivity index (χ4n) is 2.39. The van der Waals surface area contributed by atoms with Crippen LogP contribution in [0.4, 0.5) is 5.82 Å². The molecule has 0 amide bonds. The molecule has 1 saturated heterocycles. The van der Waals surface area contributed by atoms with E-state index < -0.39 is 0 Å². The molecule has 16 heavy (non-hydrogen) atoms. The standard InChI is InChI=1S/C13H21N3/c1-3-11-6-8-16(9-11)13-12(10(2)14)5-4-7-15-13/h4-5,7,10-11H,3,6,8-9,14H2,1-2H3. The van der Waals surface area contributed by atoms with Crippen molar-refractivity contribution in [2.75, 3.05) is 18.0 Å². The molecule has 1 aromatic rings. The Balaban J connectivity index is 2.20. The predicted molar refractivity (Wildman–Crippen MR) is 67.5 cm³/mol. The number of nitrogens with zero attached hydrogens (tertiary/aromatic N) is 2. The number of pyridine rings is 1. The van der Waals surface area contributed by atoms with Gasteiger partial charge in [-0.25, -0.2) is 4.98 Å². The van der Waals surface area contributed by atoms with Gasteiger partial charge in [0.15, 0.2) is 0 Å². The molecular weight excluding hydrogens is 198 g/mol.